The number of pyridine rings is 1. The van der Waals surface area contributed by atoms with Crippen molar-refractivity contribution in [2.24, 2.45) is 5.84 Å². The zero-order valence-electron chi connectivity index (χ0n) is 11.0. The van der Waals surface area contributed by atoms with Gasteiger partial charge in [-0.1, -0.05) is 0 Å². The Morgan fingerprint density at radius 1 is 1.50 bits per heavy atom. The van der Waals surface area contributed by atoms with Crippen molar-refractivity contribution < 1.29 is 4.79 Å². The fourth-order valence-corrected chi connectivity index (χ4v) is 2.80. The number of amides is 1. The third-order valence-electron chi connectivity index (χ3n) is 3.34. The van der Waals surface area contributed by atoms with Gasteiger partial charge < -0.3 is 10.3 Å². The van der Waals surface area contributed by atoms with Crippen molar-refractivity contribution >= 4 is 23.1 Å². The van der Waals surface area contributed by atoms with Crippen molar-refractivity contribution in [2.75, 3.05) is 5.43 Å². The van der Waals surface area contributed by atoms with E-state index in [9.17, 15) is 4.79 Å². The number of nitrogen functional groups attached to an aromatic ring is 1. The minimum atomic E-state index is 0.0394. The molecule has 0 spiro atoms. The van der Waals surface area contributed by atoms with Gasteiger partial charge in [-0.25, -0.2) is 10.8 Å². The van der Waals surface area contributed by atoms with Gasteiger partial charge in [0.2, 0.25) is 0 Å². The predicted molar refractivity (Wildman–Crippen MR) is 79.3 cm³/mol. The molecule has 0 radical (unpaired) electrons. The summed E-state index contributed by atoms with van der Waals surface area (Å²) in [4.78, 5) is 18.6. The number of carbonyl (C=O) groups is 1. The van der Waals surface area contributed by atoms with E-state index >= 15 is 0 Å². The summed E-state index contributed by atoms with van der Waals surface area (Å²) in [5, 5.41) is 4.12. The monoisotopic (exact) mass is 288 g/mol. The Bertz CT molecular complexity index is 595. The van der Waals surface area contributed by atoms with E-state index in [1.165, 1.54) is 5.56 Å². The van der Waals surface area contributed by atoms with E-state index in [-0.39, 0.29) is 5.91 Å². The maximum atomic E-state index is 12.7. The molecule has 3 rings (SSSR count). The number of hydrogen-bond acceptors (Lipinski definition) is 5. The molecule has 3 N–H and O–H groups in total. The molecule has 1 fully saturated rings. The van der Waals surface area contributed by atoms with Gasteiger partial charge in [0.15, 0.2) is 0 Å². The van der Waals surface area contributed by atoms with E-state index in [1.54, 1.807) is 29.7 Å². The Hall–Kier alpha value is -1.92. The Kier molecular flexibility index (Phi) is 3.66. The molecule has 2 heterocycles. The average Bonchev–Trinajstić information content (AvgIpc) is 3.20. The lowest BCUT2D eigenvalue weighted by atomic mass is 10.2. The highest BCUT2D eigenvalue weighted by Gasteiger charge is 2.33. The van der Waals surface area contributed by atoms with Gasteiger partial charge >= 0.3 is 0 Å². The molecule has 1 saturated carbocycles. The van der Waals surface area contributed by atoms with E-state index < -0.39 is 0 Å². The molecule has 0 saturated heterocycles. The Balaban J connectivity index is 1.81. The van der Waals surface area contributed by atoms with Gasteiger partial charge in [-0.3, -0.25) is 4.79 Å². The highest BCUT2D eigenvalue weighted by Crippen LogP contribution is 2.30. The normalized spacial score (nSPS) is 14.1. The summed E-state index contributed by atoms with van der Waals surface area (Å²) in [7, 11) is 0. The number of hydrazine groups is 1. The molecule has 2 aromatic heterocycles. The number of nitrogens with one attached hydrogen (secondary N) is 1. The van der Waals surface area contributed by atoms with Crippen molar-refractivity contribution in [3.8, 4) is 0 Å². The number of aromatic nitrogens is 1. The lowest BCUT2D eigenvalue weighted by molar-refractivity contribution is 0.0730. The summed E-state index contributed by atoms with van der Waals surface area (Å²) in [5.74, 6) is 5.88. The second kappa shape index (κ2) is 5.60. The van der Waals surface area contributed by atoms with Crippen molar-refractivity contribution in [1.29, 1.82) is 0 Å². The molecule has 0 atom stereocenters. The zero-order valence-corrected chi connectivity index (χ0v) is 11.8. The van der Waals surface area contributed by atoms with Crippen LogP contribution in [0, 0.1) is 0 Å². The molecule has 2 aromatic rings. The summed E-state index contributed by atoms with van der Waals surface area (Å²) in [6.07, 6.45) is 3.77. The zero-order chi connectivity index (χ0) is 13.9. The highest BCUT2D eigenvalue weighted by molar-refractivity contribution is 7.07. The second-order valence-electron chi connectivity index (χ2n) is 4.87. The van der Waals surface area contributed by atoms with E-state index in [1.807, 2.05) is 10.3 Å². The van der Waals surface area contributed by atoms with Gasteiger partial charge in [-0.2, -0.15) is 11.3 Å². The molecular weight excluding hydrogens is 272 g/mol. The summed E-state index contributed by atoms with van der Waals surface area (Å²) >= 11 is 1.65. The minimum Gasteiger partial charge on any atom is -0.331 e. The van der Waals surface area contributed by atoms with Crippen LogP contribution in [0.25, 0.3) is 0 Å². The van der Waals surface area contributed by atoms with Crippen molar-refractivity contribution in [1.82, 2.24) is 9.88 Å². The molecule has 104 valence electrons. The van der Waals surface area contributed by atoms with Crippen molar-refractivity contribution in [2.45, 2.75) is 25.4 Å². The van der Waals surface area contributed by atoms with Crippen LogP contribution in [0.15, 0.2) is 35.2 Å². The summed E-state index contributed by atoms with van der Waals surface area (Å²) in [6, 6.07) is 5.84. The maximum Gasteiger partial charge on any atom is 0.254 e. The summed E-state index contributed by atoms with van der Waals surface area (Å²) in [6.45, 7) is 0.667. The Morgan fingerprint density at radius 3 is 3.00 bits per heavy atom. The summed E-state index contributed by atoms with van der Waals surface area (Å²) < 4.78 is 0. The third-order valence-corrected chi connectivity index (χ3v) is 4.07. The van der Waals surface area contributed by atoms with Crippen LogP contribution < -0.4 is 11.3 Å². The quantitative estimate of drug-likeness (QED) is 0.654. The molecule has 0 bridgehead atoms. The van der Waals surface area contributed by atoms with Gasteiger partial charge in [-0.05, 0) is 47.4 Å². The highest BCUT2D eigenvalue weighted by atomic mass is 32.1. The number of rotatable bonds is 5. The molecule has 20 heavy (non-hydrogen) atoms. The molecule has 0 aliphatic heterocycles. The maximum absolute atomic E-state index is 12.7. The standard InChI is InChI=1S/C14H16N4OS/c15-17-13-7-11(3-5-16-13)14(19)18(12-1-2-12)8-10-4-6-20-9-10/h3-7,9,12H,1-2,8,15H2,(H,16,17). The van der Waals surface area contributed by atoms with Gasteiger partial charge in [0.1, 0.15) is 5.82 Å². The molecule has 6 heteroatoms. The molecule has 0 aromatic carbocycles. The van der Waals surface area contributed by atoms with Crippen molar-refractivity contribution in [3.05, 3.63) is 46.3 Å². The lowest BCUT2D eigenvalue weighted by Gasteiger charge is -2.22. The molecule has 0 unspecified atom stereocenters. The number of nitrogens with two attached hydrogens (primary N) is 1. The van der Waals surface area contributed by atoms with Crippen LogP contribution in [-0.2, 0) is 6.54 Å². The van der Waals surface area contributed by atoms with Crippen molar-refractivity contribution in [3.63, 3.8) is 0 Å². The van der Waals surface area contributed by atoms with Crippen LogP contribution in [0.1, 0.15) is 28.8 Å². The second-order valence-corrected chi connectivity index (χ2v) is 5.65. The smallest absolute Gasteiger partial charge is 0.254 e. The third kappa shape index (κ3) is 2.81. The Morgan fingerprint density at radius 2 is 2.35 bits per heavy atom. The average molecular weight is 288 g/mol. The number of anilines is 1. The first-order valence-corrected chi connectivity index (χ1v) is 7.47. The van der Waals surface area contributed by atoms with E-state index in [0.717, 1.165) is 12.8 Å². The van der Waals surface area contributed by atoms with Crippen LogP contribution in [0.2, 0.25) is 0 Å². The number of nitrogens with zero attached hydrogens (tertiary/aromatic N) is 2. The lowest BCUT2D eigenvalue weighted by Crippen LogP contribution is -2.32. The first kappa shape index (κ1) is 13.1. The SMILES string of the molecule is NNc1cc(C(=O)N(Cc2ccsc2)C2CC2)ccn1. The number of thiophene rings is 1. The van der Waals surface area contributed by atoms with Gasteiger partial charge in [0.05, 0.1) is 0 Å². The number of carbonyl (C=O) groups excluding carboxylic acids is 1. The molecular formula is C14H16N4OS. The largest absolute Gasteiger partial charge is 0.331 e. The summed E-state index contributed by atoms with van der Waals surface area (Å²) in [5.41, 5.74) is 4.27. The van der Waals surface area contributed by atoms with Crippen LogP contribution in [0.5, 0.6) is 0 Å². The van der Waals surface area contributed by atoms with E-state index in [4.69, 9.17) is 5.84 Å². The van der Waals surface area contributed by atoms with Gasteiger partial charge in [0, 0.05) is 24.3 Å². The Labute approximate surface area is 121 Å². The molecule has 1 amide bonds. The fraction of sp³-hybridized carbons (Fsp3) is 0.286. The number of hydrogen-bond donors (Lipinski definition) is 2. The molecule has 1 aliphatic rings. The molecule has 1 aliphatic carbocycles. The van der Waals surface area contributed by atoms with Crippen LogP contribution in [0.4, 0.5) is 5.82 Å². The topological polar surface area (TPSA) is 71.2 Å². The van der Waals surface area contributed by atoms with Gasteiger partial charge in [0.25, 0.3) is 5.91 Å². The van der Waals surface area contributed by atoms with E-state index in [2.05, 4.69) is 21.9 Å². The van der Waals surface area contributed by atoms with E-state index in [0.29, 0.717) is 24.0 Å². The predicted octanol–water partition coefficient (Wildman–Crippen LogP) is 2.23. The molecule has 5 nitrogen and oxygen atoms in total. The fourth-order valence-electron chi connectivity index (χ4n) is 2.14. The van der Waals surface area contributed by atoms with Gasteiger partial charge in [-0.15, -0.1) is 0 Å². The minimum absolute atomic E-state index is 0.0394. The van der Waals surface area contributed by atoms with Crippen LogP contribution >= 0.6 is 11.3 Å². The first-order valence-electron chi connectivity index (χ1n) is 6.52. The first-order chi connectivity index (χ1) is 9.78. The van der Waals surface area contributed by atoms with Crippen LogP contribution in [0.3, 0.4) is 0 Å². The van der Waals surface area contributed by atoms with Crippen LogP contribution in [-0.4, -0.2) is 21.8 Å².